The smallest absolute Gasteiger partial charge is 0.338 e. The van der Waals surface area contributed by atoms with Crippen molar-refractivity contribution in [2.75, 3.05) is 31.3 Å². The lowest BCUT2D eigenvalue weighted by Crippen LogP contribution is -2.43. The molecule has 7 nitrogen and oxygen atoms in total. The maximum atomic E-state index is 12.6. The molecule has 0 bridgehead atoms. The molecule has 1 aliphatic rings. The first-order chi connectivity index (χ1) is 11.7. The summed E-state index contributed by atoms with van der Waals surface area (Å²) in [7, 11) is -3.31. The minimum Gasteiger partial charge on any atom is -0.462 e. The van der Waals surface area contributed by atoms with E-state index in [9.17, 15) is 18.0 Å². The number of anilines is 1. The topological polar surface area (TPSA) is 92.8 Å². The average Bonchev–Trinajstić information content (AvgIpc) is 2.56. The van der Waals surface area contributed by atoms with Crippen molar-refractivity contribution in [1.29, 1.82) is 0 Å². The van der Waals surface area contributed by atoms with Gasteiger partial charge in [0, 0.05) is 18.8 Å². The Morgan fingerprint density at radius 1 is 1.36 bits per heavy atom. The second kappa shape index (κ2) is 7.97. The van der Waals surface area contributed by atoms with Crippen molar-refractivity contribution in [3.05, 3.63) is 29.3 Å². The number of rotatable bonds is 5. The summed E-state index contributed by atoms with van der Waals surface area (Å²) in [6.45, 7) is 4.38. The van der Waals surface area contributed by atoms with E-state index >= 15 is 0 Å². The van der Waals surface area contributed by atoms with Crippen LogP contribution < -0.4 is 5.32 Å². The van der Waals surface area contributed by atoms with Crippen LogP contribution in [0.15, 0.2) is 18.2 Å². The monoisotopic (exact) mass is 368 g/mol. The zero-order valence-electron chi connectivity index (χ0n) is 14.7. The molecule has 25 heavy (non-hydrogen) atoms. The molecule has 138 valence electrons. The summed E-state index contributed by atoms with van der Waals surface area (Å²) in [5.74, 6) is -1.08. The number of carbonyl (C=O) groups is 2. The minimum absolute atomic E-state index is 0.182. The Labute approximate surface area is 148 Å². The highest BCUT2D eigenvalue weighted by molar-refractivity contribution is 7.88. The molecular weight excluding hydrogens is 344 g/mol. The Morgan fingerprint density at radius 2 is 2.08 bits per heavy atom. The molecular formula is C17H24N2O5S. The highest BCUT2D eigenvalue weighted by Crippen LogP contribution is 2.24. The first-order valence-electron chi connectivity index (χ1n) is 8.26. The molecule has 1 aromatic carbocycles. The molecule has 0 unspecified atom stereocenters. The molecule has 0 aliphatic carbocycles. The van der Waals surface area contributed by atoms with Gasteiger partial charge in [-0.25, -0.2) is 17.5 Å². The number of ether oxygens (including phenoxy) is 1. The van der Waals surface area contributed by atoms with Crippen LogP contribution in [0.25, 0.3) is 0 Å². The van der Waals surface area contributed by atoms with Gasteiger partial charge in [-0.15, -0.1) is 0 Å². The van der Waals surface area contributed by atoms with Gasteiger partial charge in [-0.3, -0.25) is 4.79 Å². The van der Waals surface area contributed by atoms with Gasteiger partial charge in [0.1, 0.15) is 0 Å². The molecule has 1 fully saturated rings. The summed E-state index contributed by atoms with van der Waals surface area (Å²) in [5.41, 5.74) is 1.57. The number of sulfonamides is 1. The maximum Gasteiger partial charge on any atom is 0.338 e. The second-order valence-corrected chi connectivity index (χ2v) is 8.13. The maximum absolute atomic E-state index is 12.6. The third-order valence-electron chi connectivity index (χ3n) is 4.31. The van der Waals surface area contributed by atoms with Gasteiger partial charge in [-0.05, 0) is 44.4 Å². The SMILES string of the molecule is CCOC(=O)c1cccc(NC(=O)[C@@H]2CCCN(S(C)(=O)=O)C2)c1C. The highest BCUT2D eigenvalue weighted by Gasteiger charge is 2.30. The van der Waals surface area contributed by atoms with Crippen molar-refractivity contribution < 1.29 is 22.7 Å². The van der Waals surface area contributed by atoms with Crippen molar-refractivity contribution in [3.63, 3.8) is 0 Å². The van der Waals surface area contributed by atoms with Gasteiger partial charge >= 0.3 is 5.97 Å². The van der Waals surface area contributed by atoms with Gasteiger partial charge in [0.2, 0.25) is 15.9 Å². The van der Waals surface area contributed by atoms with Gasteiger partial charge < -0.3 is 10.1 Å². The molecule has 1 aromatic rings. The molecule has 1 atom stereocenters. The van der Waals surface area contributed by atoms with E-state index in [0.29, 0.717) is 36.2 Å². The van der Waals surface area contributed by atoms with Crippen molar-refractivity contribution in [2.45, 2.75) is 26.7 Å². The fraction of sp³-hybridized carbons (Fsp3) is 0.529. The van der Waals surface area contributed by atoms with E-state index < -0.39 is 21.9 Å². The van der Waals surface area contributed by atoms with Crippen LogP contribution in [0.3, 0.4) is 0 Å². The highest BCUT2D eigenvalue weighted by atomic mass is 32.2. The van der Waals surface area contributed by atoms with Crippen LogP contribution >= 0.6 is 0 Å². The third kappa shape index (κ3) is 4.79. The van der Waals surface area contributed by atoms with Gasteiger partial charge in [0.05, 0.1) is 24.3 Å². The molecule has 1 aliphatic heterocycles. The van der Waals surface area contributed by atoms with E-state index in [2.05, 4.69) is 5.32 Å². The molecule has 1 amide bonds. The van der Waals surface area contributed by atoms with E-state index in [1.165, 1.54) is 4.31 Å². The quantitative estimate of drug-likeness (QED) is 0.800. The Hall–Kier alpha value is -1.93. The summed E-state index contributed by atoms with van der Waals surface area (Å²) in [6.07, 6.45) is 2.43. The molecule has 1 N–H and O–H groups in total. The lowest BCUT2D eigenvalue weighted by Gasteiger charge is -2.30. The number of carbonyl (C=O) groups excluding carboxylic acids is 2. The number of nitrogens with one attached hydrogen (secondary N) is 1. The summed E-state index contributed by atoms with van der Waals surface area (Å²) >= 11 is 0. The predicted molar refractivity (Wildman–Crippen MR) is 94.9 cm³/mol. The van der Waals surface area contributed by atoms with Crippen LogP contribution in [0, 0.1) is 12.8 Å². The number of piperidine rings is 1. The molecule has 2 rings (SSSR count). The molecule has 0 aromatic heterocycles. The summed E-state index contributed by atoms with van der Waals surface area (Å²) in [4.78, 5) is 24.5. The number of esters is 1. The van der Waals surface area contributed by atoms with Crippen LogP contribution in [0.2, 0.25) is 0 Å². The van der Waals surface area contributed by atoms with Gasteiger partial charge in [0.15, 0.2) is 0 Å². The molecule has 1 heterocycles. The number of amides is 1. The zero-order valence-corrected chi connectivity index (χ0v) is 15.6. The Bertz CT molecular complexity index is 760. The van der Waals surface area contributed by atoms with Gasteiger partial charge in [-0.2, -0.15) is 0 Å². The van der Waals surface area contributed by atoms with Gasteiger partial charge in [0.25, 0.3) is 0 Å². The predicted octanol–water partition coefficient (Wildman–Crippen LogP) is 1.78. The fourth-order valence-electron chi connectivity index (χ4n) is 2.89. The average molecular weight is 368 g/mol. The zero-order chi connectivity index (χ0) is 18.6. The van der Waals surface area contributed by atoms with Crippen molar-refractivity contribution in [3.8, 4) is 0 Å². The van der Waals surface area contributed by atoms with Crippen LogP contribution in [-0.4, -0.2) is 50.6 Å². The minimum atomic E-state index is -3.31. The van der Waals surface area contributed by atoms with E-state index in [-0.39, 0.29) is 19.1 Å². The lowest BCUT2D eigenvalue weighted by atomic mass is 9.98. The van der Waals surface area contributed by atoms with Gasteiger partial charge in [-0.1, -0.05) is 6.07 Å². The normalized spacial score (nSPS) is 18.6. The molecule has 0 spiro atoms. The summed E-state index contributed by atoms with van der Waals surface area (Å²) in [6, 6.07) is 5.04. The second-order valence-electron chi connectivity index (χ2n) is 6.15. The molecule has 0 saturated carbocycles. The Morgan fingerprint density at radius 3 is 2.72 bits per heavy atom. The first-order valence-corrected chi connectivity index (χ1v) is 10.1. The molecule has 1 saturated heterocycles. The number of benzene rings is 1. The third-order valence-corrected chi connectivity index (χ3v) is 5.58. The van der Waals surface area contributed by atoms with E-state index in [1.54, 1.807) is 32.0 Å². The first kappa shape index (κ1) is 19.4. The Balaban J connectivity index is 2.13. The summed E-state index contributed by atoms with van der Waals surface area (Å²) < 4.78 is 29.7. The van der Waals surface area contributed by atoms with Crippen molar-refractivity contribution >= 4 is 27.6 Å². The van der Waals surface area contributed by atoms with Crippen LogP contribution in [-0.2, 0) is 19.6 Å². The molecule has 8 heteroatoms. The molecule has 0 radical (unpaired) electrons. The fourth-order valence-corrected chi connectivity index (χ4v) is 3.80. The standard InChI is InChI=1S/C17H24N2O5S/c1-4-24-17(21)14-8-5-9-15(12(14)2)18-16(20)13-7-6-10-19(11-13)25(3,22)23/h5,8-9,13H,4,6-7,10-11H2,1-3H3,(H,18,20)/t13-/m1/s1. The number of hydrogen-bond donors (Lipinski definition) is 1. The number of nitrogens with zero attached hydrogens (tertiary/aromatic N) is 1. The lowest BCUT2D eigenvalue weighted by molar-refractivity contribution is -0.120. The number of hydrogen-bond acceptors (Lipinski definition) is 5. The van der Waals surface area contributed by atoms with Crippen LogP contribution in [0.1, 0.15) is 35.7 Å². The van der Waals surface area contributed by atoms with Crippen molar-refractivity contribution in [2.24, 2.45) is 5.92 Å². The van der Waals surface area contributed by atoms with Crippen molar-refractivity contribution in [1.82, 2.24) is 4.31 Å². The van der Waals surface area contributed by atoms with E-state index in [1.807, 2.05) is 0 Å². The van der Waals surface area contributed by atoms with Crippen LogP contribution in [0.5, 0.6) is 0 Å². The van der Waals surface area contributed by atoms with Crippen LogP contribution in [0.4, 0.5) is 5.69 Å². The van der Waals surface area contributed by atoms with E-state index in [0.717, 1.165) is 6.26 Å². The Kier molecular flexibility index (Phi) is 6.18. The summed E-state index contributed by atoms with van der Waals surface area (Å²) in [5, 5.41) is 2.82. The largest absolute Gasteiger partial charge is 0.462 e. The van der Waals surface area contributed by atoms with E-state index in [4.69, 9.17) is 4.74 Å².